The van der Waals surface area contributed by atoms with Gasteiger partial charge >= 0.3 is 0 Å². The van der Waals surface area contributed by atoms with E-state index >= 15 is 0 Å². The molecule has 1 aromatic carbocycles. The Morgan fingerprint density at radius 3 is 2.76 bits per heavy atom. The average Bonchev–Trinajstić information content (AvgIpc) is 3.08. The molecule has 0 spiro atoms. The molecule has 1 N–H and O–H groups in total. The SMILES string of the molecule is CCN(CC)CC1CCN(C(=NC)NCCc2cccc(F)c2F)C1. The molecule has 140 valence electrons. The number of nitrogens with one attached hydrogen (secondary N) is 1. The number of guanidine groups is 1. The third-order valence-electron chi connectivity index (χ3n) is 4.92. The van der Waals surface area contributed by atoms with Crippen molar-refractivity contribution in [3.8, 4) is 0 Å². The van der Waals surface area contributed by atoms with Gasteiger partial charge in [-0.2, -0.15) is 0 Å². The van der Waals surface area contributed by atoms with E-state index in [1.54, 1.807) is 19.2 Å². The second-order valence-corrected chi connectivity index (χ2v) is 6.52. The van der Waals surface area contributed by atoms with E-state index in [2.05, 4.69) is 34.0 Å². The van der Waals surface area contributed by atoms with Crippen LogP contribution in [0, 0.1) is 17.6 Å². The standard InChI is InChI=1S/C19H30F2N4/c1-4-24(5-2)13-15-10-12-25(14-15)19(22-3)23-11-9-16-7-6-8-17(20)18(16)21/h6-8,15H,4-5,9-14H2,1-3H3,(H,22,23). The van der Waals surface area contributed by atoms with Crippen LogP contribution in [0.4, 0.5) is 8.78 Å². The van der Waals surface area contributed by atoms with E-state index in [0.29, 0.717) is 24.4 Å². The summed E-state index contributed by atoms with van der Waals surface area (Å²) >= 11 is 0. The molecule has 0 amide bonds. The Bertz CT molecular complexity index is 573. The number of hydrogen-bond acceptors (Lipinski definition) is 2. The van der Waals surface area contributed by atoms with Crippen molar-refractivity contribution in [3.05, 3.63) is 35.4 Å². The highest BCUT2D eigenvalue weighted by molar-refractivity contribution is 5.80. The van der Waals surface area contributed by atoms with Crippen LogP contribution < -0.4 is 5.32 Å². The molecule has 1 aromatic rings. The molecule has 2 rings (SSSR count). The van der Waals surface area contributed by atoms with Crippen molar-refractivity contribution in [1.82, 2.24) is 15.1 Å². The summed E-state index contributed by atoms with van der Waals surface area (Å²) in [6.45, 7) is 10.2. The number of nitrogens with zero attached hydrogens (tertiary/aromatic N) is 3. The second-order valence-electron chi connectivity index (χ2n) is 6.52. The molecule has 1 unspecified atom stereocenters. The van der Waals surface area contributed by atoms with Gasteiger partial charge < -0.3 is 15.1 Å². The van der Waals surface area contributed by atoms with Crippen LogP contribution in [0.2, 0.25) is 0 Å². The number of rotatable bonds is 7. The van der Waals surface area contributed by atoms with E-state index in [0.717, 1.165) is 51.2 Å². The Balaban J connectivity index is 1.82. The average molecular weight is 352 g/mol. The summed E-state index contributed by atoms with van der Waals surface area (Å²) in [6.07, 6.45) is 1.59. The van der Waals surface area contributed by atoms with Crippen molar-refractivity contribution in [2.45, 2.75) is 26.7 Å². The minimum absolute atomic E-state index is 0.392. The van der Waals surface area contributed by atoms with Gasteiger partial charge in [0.1, 0.15) is 0 Å². The van der Waals surface area contributed by atoms with Crippen molar-refractivity contribution in [2.75, 3.05) is 46.3 Å². The topological polar surface area (TPSA) is 30.9 Å². The van der Waals surface area contributed by atoms with Crippen LogP contribution in [0.15, 0.2) is 23.2 Å². The quantitative estimate of drug-likeness (QED) is 0.605. The van der Waals surface area contributed by atoms with Gasteiger partial charge in [-0.3, -0.25) is 4.99 Å². The largest absolute Gasteiger partial charge is 0.356 e. The summed E-state index contributed by atoms with van der Waals surface area (Å²) in [5, 5.41) is 3.28. The summed E-state index contributed by atoms with van der Waals surface area (Å²) < 4.78 is 27.0. The maximum atomic E-state index is 13.7. The second kappa shape index (κ2) is 9.70. The first-order chi connectivity index (χ1) is 12.1. The van der Waals surface area contributed by atoms with Gasteiger partial charge in [-0.25, -0.2) is 8.78 Å². The molecule has 0 aliphatic carbocycles. The van der Waals surface area contributed by atoms with Crippen molar-refractivity contribution >= 4 is 5.96 Å². The van der Waals surface area contributed by atoms with Crippen molar-refractivity contribution in [1.29, 1.82) is 0 Å². The van der Waals surface area contributed by atoms with Gasteiger partial charge in [0.2, 0.25) is 0 Å². The minimum atomic E-state index is -0.791. The van der Waals surface area contributed by atoms with Crippen LogP contribution in [0.5, 0.6) is 0 Å². The lowest BCUT2D eigenvalue weighted by molar-refractivity contribution is 0.255. The molecule has 1 aliphatic rings. The van der Waals surface area contributed by atoms with Gasteiger partial charge in [0.05, 0.1) is 0 Å². The molecule has 1 saturated heterocycles. The molecule has 0 aromatic heterocycles. The Labute approximate surface area is 149 Å². The molecule has 4 nitrogen and oxygen atoms in total. The normalized spacial score (nSPS) is 18.2. The van der Waals surface area contributed by atoms with Gasteiger partial charge in [-0.05, 0) is 43.5 Å². The maximum absolute atomic E-state index is 13.7. The molecule has 0 radical (unpaired) electrons. The lowest BCUT2D eigenvalue weighted by atomic mass is 10.1. The number of hydrogen-bond donors (Lipinski definition) is 1. The Morgan fingerprint density at radius 1 is 1.32 bits per heavy atom. The zero-order valence-corrected chi connectivity index (χ0v) is 15.6. The monoisotopic (exact) mass is 352 g/mol. The molecule has 1 heterocycles. The van der Waals surface area contributed by atoms with E-state index in [-0.39, 0.29) is 0 Å². The van der Waals surface area contributed by atoms with E-state index in [4.69, 9.17) is 0 Å². The summed E-state index contributed by atoms with van der Waals surface area (Å²) in [5.74, 6) is -0.0432. The van der Waals surface area contributed by atoms with Crippen LogP contribution in [0.1, 0.15) is 25.8 Å². The molecule has 0 saturated carbocycles. The first-order valence-corrected chi connectivity index (χ1v) is 9.19. The zero-order chi connectivity index (χ0) is 18.2. The van der Waals surface area contributed by atoms with Gasteiger partial charge in [-0.1, -0.05) is 26.0 Å². The van der Waals surface area contributed by atoms with Crippen LogP contribution in [0.3, 0.4) is 0 Å². The van der Waals surface area contributed by atoms with Crippen LogP contribution in [-0.4, -0.2) is 62.1 Å². The van der Waals surface area contributed by atoms with Crippen molar-refractivity contribution < 1.29 is 8.78 Å². The molecular formula is C19H30F2N4. The zero-order valence-electron chi connectivity index (χ0n) is 15.6. The van der Waals surface area contributed by atoms with Crippen molar-refractivity contribution in [2.24, 2.45) is 10.9 Å². The summed E-state index contributed by atoms with van der Waals surface area (Å²) in [7, 11) is 1.77. The maximum Gasteiger partial charge on any atom is 0.193 e. The summed E-state index contributed by atoms with van der Waals surface area (Å²) in [6, 6.07) is 4.31. The Hall–Kier alpha value is -1.69. The lowest BCUT2D eigenvalue weighted by Crippen LogP contribution is -2.41. The first kappa shape index (κ1) is 19.6. The predicted octanol–water partition coefficient (Wildman–Crippen LogP) is 2.75. The van der Waals surface area contributed by atoms with E-state index in [1.165, 1.54) is 0 Å². The fraction of sp³-hybridized carbons (Fsp3) is 0.632. The predicted molar refractivity (Wildman–Crippen MR) is 98.9 cm³/mol. The molecule has 1 atom stereocenters. The van der Waals surface area contributed by atoms with Crippen LogP contribution in [-0.2, 0) is 6.42 Å². The number of aliphatic imine (C=N–C) groups is 1. The molecule has 25 heavy (non-hydrogen) atoms. The van der Waals surface area contributed by atoms with E-state index < -0.39 is 11.6 Å². The smallest absolute Gasteiger partial charge is 0.193 e. The highest BCUT2D eigenvalue weighted by Gasteiger charge is 2.25. The summed E-state index contributed by atoms with van der Waals surface area (Å²) in [4.78, 5) is 9.06. The fourth-order valence-electron chi connectivity index (χ4n) is 3.40. The number of likely N-dealkylation sites (tertiary alicyclic amines) is 1. The van der Waals surface area contributed by atoms with Crippen LogP contribution >= 0.6 is 0 Å². The molecule has 0 bridgehead atoms. The van der Waals surface area contributed by atoms with Gasteiger partial charge in [0.15, 0.2) is 17.6 Å². The van der Waals surface area contributed by atoms with Crippen LogP contribution in [0.25, 0.3) is 0 Å². The molecule has 1 fully saturated rings. The first-order valence-electron chi connectivity index (χ1n) is 9.19. The highest BCUT2D eigenvalue weighted by atomic mass is 19.2. The third kappa shape index (κ3) is 5.39. The number of benzene rings is 1. The lowest BCUT2D eigenvalue weighted by Gasteiger charge is -2.24. The van der Waals surface area contributed by atoms with Gasteiger partial charge in [0, 0.05) is 33.2 Å². The van der Waals surface area contributed by atoms with Crippen molar-refractivity contribution in [3.63, 3.8) is 0 Å². The third-order valence-corrected chi connectivity index (χ3v) is 4.92. The summed E-state index contributed by atoms with van der Waals surface area (Å²) in [5.41, 5.74) is 0.392. The Morgan fingerprint density at radius 2 is 2.08 bits per heavy atom. The van der Waals surface area contributed by atoms with E-state index in [1.807, 2.05) is 0 Å². The Kier molecular flexibility index (Phi) is 7.62. The molecular weight excluding hydrogens is 322 g/mol. The number of halogens is 2. The molecule has 6 heteroatoms. The van der Waals surface area contributed by atoms with Gasteiger partial charge in [0.25, 0.3) is 0 Å². The van der Waals surface area contributed by atoms with Gasteiger partial charge in [-0.15, -0.1) is 0 Å². The highest BCUT2D eigenvalue weighted by Crippen LogP contribution is 2.17. The molecule has 1 aliphatic heterocycles. The minimum Gasteiger partial charge on any atom is -0.356 e. The van der Waals surface area contributed by atoms with E-state index in [9.17, 15) is 8.78 Å². The fourth-order valence-corrected chi connectivity index (χ4v) is 3.40.